The third-order valence-electron chi connectivity index (χ3n) is 5.04. The molecule has 1 fully saturated rings. The minimum Gasteiger partial charge on any atom is -0.480 e. The van der Waals surface area contributed by atoms with Crippen LogP contribution in [0.4, 0.5) is 0 Å². The second kappa shape index (κ2) is 12.9. The molecule has 1 amide bonds. The highest BCUT2D eigenvalue weighted by Gasteiger charge is 2.35. The van der Waals surface area contributed by atoms with Crippen LogP contribution in [-0.2, 0) is 14.4 Å². The summed E-state index contributed by atoms with van der Waals surface area (Å²) in [6.07, 6.45) is 5.12. The molecule has 8 nitrogen and oxygen atoms in total. The van der Waals surface area contributed by atoms with Crippen molar-refractivity contribution in [3.63, 3.8) is 0 Å². The van der Waals surface area contributed by atoms with Crippen LogP contribution in [0.25, 0.3) is 0 Å². The van der Waals surface area contributed by atoms with Crippen LogP contribution < -0.4 is 11.1 Å². The number of nitrogens with one attached hydrogen (secondary N) is 1. The number of carboxylic acid groups (broad SMARTS) is 2. The van der Waals surface area contributed by atoms with E-state index < -0.39 is 30.6 Å². The van der Waals surface area contributed by atoms with E-state index in [0.717, 1.165) is 37.0 Å². The fourth-order valence-electron chi connectivity index (χ4n) is 3.46. The lowest BCUT2D eigenvalue weighted by molar-refractivity contribution is -0.146. The van der Waals surface area contributed by atoms with Crippen molar-refractivity contribution in [3.8, 4) is 0 Å². The predicted molar refractivity (Wildman–Crippen MR) is 119 cm³/mol. The number of unbranched alkanes of at least 4 members (excludes halogenated alkanes) is 4. The zero-order chi connectivity index (χ0) is 21.9. The number of hydrogen-bond acceptors (Lipinski definition) is 7. The van der Waals surface area contributed by atoms with E-state index in [1.54, 1.807) is 23.1 Å². The summed E-state index contributed by atoms with van der Waals surface area (Å²) in [5.41, 5.74) is 5.48. The lowest BCUT2D eigenvalue weighted by Gasteiger charge is -2.26. The summed E-state index contributed by atoms with van der Waals surface area (Å²) in [6, 6.07) is 2.35. The maximum absolute atomic E-state index is 13.0. The first-order valence-corrected chi connectivity index (χ1v) is 12.2. The van der Waals surface area contributed by atoms with Crippen LogP contribution in [0.5, 0.6) is 0 Å². The van der Waals surface area contributed by atoms with Crippen LogP contribution in [-0.4, -0.2) is 70.4 Å². The molecule has 1 aliphatic rings. The minimum atomic E-state index is -1.08. The Morgan fingerprint density at radius 1 is 1.23 bits per heavy atom. The number of hydrogen-bond donors (Lipinski definition) is 4. The molecule has 3 unspecified atom stereocenters. The van der Waals surface area contributed by atoms with Crippen LogP contribution in [0.3, 0.4) is 0 Å². The molecule has 2 heterocycles. The number of carbonyl (C=O) groups excluding carboxylic acids is 1. The number of carboxylic acids is 2. The quantitative estimate of drug-likeness (QED) is 0.331. The predicted octanol–water partition coefficient (Wildman–Crippen LogP) is 2.16. The molecular weight excluding hydrogens is 426 g/mol. The van der Waals surface area contributed by atoms with Gasteiger partial charge < -0.3 is 20.8 Å². The summed E-state index contributed by atoms with van der Waals surface area (Å²) >= 11 is 3.13. The Balaban J connectivity index is 2.00. The summed E-state index contributed by atoms with van der Waals surface area (Å²) in [6.45, 7) is 0.575. The van der Waals surface area contributed by atoms with Gasteiger partial charge in [0, 0.05) is 17.2 Å². The van der Waals surface area contributed by atoms with E-state index in [0.29, 0.717) is 25.3 Å². The molecule has 10 heteroatoms. The van der Waals surface area contributed by atoms with E-state index in [2.05, 4.69) is 5.32 Å². The van der Waals surface area contributed by atoms with Gasteiger partial charge in [0.25, 0.3) is 0 Å². The molecule has 0 aromatic carbocycles. The zero-order valence-corrected chi connectivity index (χ0v) is 18.6. The zero-order valence-electron chi connectivity index (χ0n) is 17.0. The number of thioether (sulfide) groups is 1. The van der Waals surface area contributed by atoms with Crippen molar-refractivity contribution in [1.29, 1.82) is 0 Å². The number of thiophene rings is 1. The van der Waals surface area contributed by atoms with Crippen molar-refractivity contribution in [3.05, 3.63) is 22.4 Å². The number of nitrogens with two attached hydrogens (primary N) is 1. The Labute approximate surface area is 185 Å². The van der Waals surface area contributed by atoms with Gasteiger partial charge in [-0.2, -0.15) is 0 Å². The van der Waals surface area contributed by atoms with Gasteiger partial charge in [0.2, 0.25) is 5.91 Å². The Hall–Kier alpha value is -1.62. The van der Waals surface area contributed by atoms with Crippen molar-refractivity contribution >= 4 is 40.9 Å². The van der Waals surface area contributed by atoms with Crippen LogP contribution in [0.2, 0.25) is 0 Å². The smallest absolute Gasteiger partial charge is 0.323 e. The summed E-state index contributed by atoms with van der Waals surface area (Å²) < 4.78 is 0. The molecule has 30 heavy (non-hydrogen) atoms. The van der Waals surface area contributed by atoms with Crippen molar-refractivity contribution in [2.24, 2.45) is 5.73 Å². The standard InChI is InChI=1S/C20H31N3O5S2/c21-9-5-3-1-2-4-7-14(20(27)28)22-15-13-30-17(16-8-6-10-29-16)11-23(19(15)26)12-18(24)25/h6,8,10,14-15,17,22H,1-5,7,9,11-13,21H2,(H,24,25)(H,27,28). The first-order chi connectivity index (χ1) is 14.4. The molecule has 2 rings (SSSR count). The number of carbonyl (C=O) groups is 3. The van der Waals surface area contributed by atoms with Crippen LogP contribution in [0.15, 0.2) is 17.5 Å². The van der Waals surface area contributed by atoms with Gasteiger partial charge in [0.05, 0.1) is 11.3 Å². The van der Waals surface area contributed by atoms with Gasteiger partial charge in [-0.1, -0.05) is 31.7 Å². The maximum Gasteiger partial charge on any atom is 0.323 e. The second-order valence-corrected chi connectivity index (χ2v) is 9.62. The van der Waals surface area contributed by atoms with E-state index in [9.17, 15) is 24.6 Å². The summed E-state index contributed by atoms with van der Waals surface area (Å²) in [4.78, 5) is 38.4. The lowest BCUT2D eigenvalue weighted by atomic mass is 10.1. The molecule has 0 aliphatic carbocycles. The van der Waals surface area contributed by atoms with Gasteiger partial charge in [-0.15, -0.1) is 23.1 Å². The fraction of sp³-hybridized carbons (Fsp3) is 0.650. The Morgan fingerprint density at radius 2 is 1.97 bits per heavy atom. The average molecular weight is 458 g/mol. The van der Waals surface area contributed by atoms with Gasteiger partial charge in [0.1, 0.15) is 12.6 Å². The molecule has 168 valence electrons. The van der Waals surface area contributed by atoms with Gasteiger partial charge in [0.15, 0.2) is 0 Å². The summed E-state index contributed by atoms with van der Waals surface area (Å²) in [5.74, 6) is -2.01. The first-order valence-electron chi connectivity index (χ1n) is 10.3. The molecule has 5 N–H and O–H groups in total. The van der Waals surface area contributed by atoms with E-state index in [4.69, 9.17) is 5.73 Å². The van der Waals surface area contributed by atoms with Crippen LogP contribution in [0.1, 0.15) is 48.7 Å². The highest BCUT2D eigenvalue weighted by molar-refractivity contribution is 7.99. The highest BCUT2D eigenvalue weighted by Crippen LogP contribution is 2.35. The van der Waals surface area contributed by atoms with Crippen molar-refractivity contribution in [1.82, 2.24) is 10.2 Å². The average Bonchev–Trinajstić information content (AvgIpc) is 3.19. The highest BCUT2D eigenvalue weighted by atomic mass is 32.2. The van der Waals surface area contributed by atoms with E-state index in [1.807, 2.05) is 17.5 Å². The normalized spacial score (nSPS) is 20.7. The van der Waals surface area contributed by atoms with Crippen LogP contribution >= 0.6 is 23.1 Å². The number of nitrogens with zero attached hydrogens (tertiary/aromatic N) is 1. The number of amides is 1. The summed E-state index contributed by atoms with van der Waals surface area (Å²) in [5, 5.41) is 23.8. The molecule has 1 saturated heterocycles. The molecular formula is C20H31N3O5S2. The molecule has 0 spiro atoms. The van der Waals surface area contributed by atoms with Crippen molar-refractivity contribution in [2.75, 3.05) is 25.4 Å². The summed E-state index contributed by atoms with van der Waals surface area (Å²) in [7, 11) is 0. The molecule has 1 aromatic rings. The van der Waals surface area contributed by atoms with E-state index in [1.165, 1.54) is 4.90 Å². The lowest BCUT2D eigenvalue weighted by Crippen LogP contribution is -2.53. The largest absolute Gasteiger partial charge is 0.480 e. The fourth-order valence-corrected chi connectivity index (χ4v) is 5.72. The Bertz CT molecular complexity index is 686. The van der Waals surface area contributed by atoms with E-state index >= 15 is 0 Å². The number of aliphatic carboxylic acids is 2. The van der Waals surface area contributed by atoms with Gasteiger partial charge in [-0.3, -0.25) is 19.7 Å². The molecule has 1 aromatic heterocycles. The van der Waals surface area contributed by atoms with Crippen molar-refractivity contribution < 1.29 is 24.6 Å². The van der Waals surface area contributed by atoms with Crippen LogP contribution in [0, 0.1) is 0 Å². The molecule has 0 bridgehead atoms. The van der Waals surface area contributed by atoms with Gasteiger partial charge >= 0.3 is 11.9 Å². The molecule has 0 saturated carbocycles. The maximum atomic E-state index is 13.0. The van der Waals surface area contributed by atoms with E-state index in [-0.39, 0.29) is 11.2 Å². The Kier molecular flexibility index (Phi) is 10.6. The topological polar surface area (TPSA) is 133 Å². The third-order valence-corrected chi connectivity index (χ3v) is 7.51. The first kappa shape index (κ1) is 24.6. The Morgan fingerprint density at radius 3 is 2.60 bits per heavy atom. The third kappa shape index (κ3) is 7.90. The monoisotopic (exact) mass is 457 g/mol. The number of rotatable bonds is 13. The van der Waals surface area contributed by atoms with Crippen molar-refractivity contribution in [2.45, 2.75) is 55.9 Å². The molecule has 3 atom stereocenters. The molecule has 0 radical (unpaired) electrons. The second-order valence-electron chi connectivity index (χ2n) is 7.41. The molecule has 1 aliphatic heterocycles. The van der Waals surface area contributed by atoms with Gasteiger partial charge in [-0.05, 0) is 30.8 Å². The minimum absolute atomic E-state index is 0.0223. The SMILES string of the molecule is NCCCCCCCC(NC1CSC(c2cccs2)CN(CC(=O)O)C1=O)C(=O)O. The van der Waals surface area contributed by atoms with Gasteiger partial charge in [-0.25, -0.2) is 0 Å².